The Hall–Kier alpha value is -3.61. The van der Waals surface area contributed by atoms with E-state index in [1.54, 1.807) is 61.7 Å². The summed E-state index contributed by atoms with van der Waals surface area (Å²) in [6.07, 6.45) is 1.67. The van der Waals surface area contributed by atoms with E-state index in [1.165, 1.54) is 6.08 Å². The van der Waals surface area contributed by atoms with E-state index in [-0.39, 0.29) is 18.0 Å². The molecule has 2 amide bonds. The summed E-state index contributed by atoms with van der Waals surface area (Å²) in [6, 6.07) is 14.1. The number of hydrogen-bond donors (Lipinski definition) is 2. The van der Waals surface area contributed by atoms with Crippen molar-refractivity contribution in [2.75, 3.05) is 7.11 Å². The second kappa shape index (κ2) is 10.8. The van der Waals surface area contributed by atoms with Gasteiger partial charge in [0.25, 0.3) is 11.8 Å². The maximum atomic E-state index is 12.8. The molecule has 7 nitrogen and oxygen atoms in total. The molecule has 158 valence electrons. The van der Waals surface area contributed by atoms with Gasteiger partial charge in [-0.1, -0.05) is 44.2 Å². The lowest BCUT2D eigenvalue weighted by Crippen LogP contribution is -2.50. The fourth-order valence-electron chi connectivity index (χ4n) is 2.73. The van der Waals surface area contributed by atoms with Crippen molar-refractivity contribution in [2.45, 2.75) is 26.3 Å². The first-order valence-corrected chi connectivity index (χ1v) is 9.54. The molecule has 2 aromatic carbocycles. The van der Waals surface area contributed by atoms with Crippen molar-refractivity contribution >= 4 is 23.9 Å². The number of rotatable bonds is 9. The maximum absolute atomic E-state index is 12.8. The average molecular weight is 409 g/mol. The Morgan fingerprint density at radius 1 is 1.03 bits per heavy atom. The number of aliphatic carboxylic acids is 1. The minimum Gasteiger partial charge on any atom is -0.548 e. The van der Waals surface area contributed by atoms with Crippen LogP contribution in [0.5, 0.6) is 5.75 Å². The highest BCUT2D eigenvalue weighted by Crippen LogP contribution is 2.14. The van der Waals surface area contributed by atoms with Crippen molar-refractivity contribution in [3.8, 4) is 5.75 Å². The summed E-state index contributed by atoms with van der Waals surface area (Å²) in [7, 11) is 1.54. The standard InChI is InChI=1S/C23H26N2O5/c1-15(2)13-20(23(28)29)25-22(27)19(14-16-9-11-18(30-3)12-10-16)24-21(26)17-7-5-4-6-8-17/h4-12,14-15,20H,13H2,1-3H3,(H,24,26)(H,25,27)(H,28,29)/p-1/b19-14-/t20-/m1/s1. The van der Waals surface area contributed by atoms with E-state index < -0.39 is 23.8 Å². The van der Waals surface area contributed by atoms with Crippen LogP contribution in [0, 0.1) is 5.92 Å². The van der Waals surface area contributed by atoms with Crippen molar-refractivity contribution in [1.29, 1.82) is 0 Å². The Morgan fingerprint density at radius 2 is 1.67 bits per heavy atom. The number of amides is 2. The summed E-state index contributed by atoms with van der Waals surface area (Å²) >= 11 is 0. The van der Waals surface area contributed by atoms with E-state index in [9.17, 15) is 19.5 Å². The molecule has 30 heavy (non-hydrogen) atoms. The Balaban J connectivity index is 2.31. The van der Waals surface area contributed by atoms with Crippen LogP contribution in [0.2, 0.25) is 0 Å². The fourth-order valence-corrected chi connectivity index (χ4v) is 2.73. The molecule has 0 unspecified atom stereocenters. The van der Waals surface area contributed by atoms with Gasteiger partial charge in [-0.3, -0.25) is 9.59 Å². The Morgan fingerprint density at radius 3 is 2.20 bits per heavy atom. The number of nitrogens with one attached hydrogen (secondary N) is 2. The number of carbonyl (C=O) groups is 3. The van der Waals surface area contributed by atoms with E-state index in [0.29, 0.717) is 16.9 Å². The second-order valence-corrected chi connectivity index (χ2v) is 7.13. The van der Waals surface area contributed by atoms with Gasteiger partial charge in [0.2, 0.25) is 0 Å². The maximum Gasteiger partial charge on any atom is 0.268 e. The molecule has 0 saturated carbocycles. The van der Waals surface area contributed by atoms with Crippen LogP contribution in [0.15, 0.2) is 60.3 Å². The molecule has 0 aromatic heterocycles. The predicted octanol–water partition coefficient (Wildman–Crippen LogP) is 1.75. The molecule has 0 fully saturated rings. The SMILES string of the molecule is COc1ccc(/C=C(\NC(=O)c2ccccc2)C(=O)N[C@H](CC(C)C)C(=O)[O-])cc1. The largest absolute Gasteiger partial charge is 0.548 e. The van der Waals surface area contributed by atoms with Crippen molar-refractivity contribution in [3.63, 3.8) is 0 Å². The van der Waals surface area contributed by atoms with E-state index in [1.807, 2.05) is 13.8 Å². The zero-order valence-electron chi connectivity index (χ0n) is 17.2. The average Bonchev–Trinajstić information content (AvgIpc) is 2.73. The van der Waals surface area contributed by atoms with Crippen LogP contribution < -0.4 is 20.5 Å². The van der Waals surface area contributed by atoms with Crippen molar-refractivity contribution in [2.24, 2.45) is 5.92 Å². The van der Waals surface area contributed by atoms with Gasteiger partial charge >= 0.3 is 0 Å². The van der Waals surface area contributed by atoms with Crippen LogP contribution in [0.25, 0.3) is 6.08 Å². The summed E-state index contributed by atoms with van der Waals surface area (Å²) in [5.41, 5.74) is 0.914. The first-order valence-electron chi connectivity index (χ1n) is 9.54. The molecular weight excluding hydrogens is 384 g/mol. The first kappa shape index (κ1) is 22.7. The Labute approximate surface area is 175 Å². The zero-order chi connectivity index (χ0) is 22.1. The summed E-state index contributed by atoms with van der Waals surface area (Å²) in [5.74, 6) is -1.92. The van der Waals surface area contributed by atoms with Crippen LogP contribution in [0.3, 0.4) is 0 Å². The lowest BCUT2D eigenvalue weighted by atomic mass is 10.0. The molecular formula is C23H25N2O5-. The van der Waals surface area contributed by atoms with E-state index in [0.717, 1.165) is 0 Å². The molecule has 0 radical (unpaired) electrons. The van der Waals surface area contributed by atoms with Crippen molar-refractivity contribution in [1.82, 2.24) is 10.6 Å². The molecule has 0 aliphatic carbocycles. The number of carboxylic acid groups (broad SMARTS) is 1. The summed E-state index contributed by atoms with van der Waals surface area (Å²) < 4.78 is 5.12. The molecule has 1 atom stereocenters. The normalized spacial score (nSPS) is 12.2. The highest BCUT2D eigenvalue weighted by molar-refractivity contribution is 6.06. The number of carboxylic acids is 1. The lowest BCUT2D eigenvalue weighted by molar-refractivity contribution is -0.308. The molecule has 0 heterocycles. The zero-order valence-corrected chi connectivity index (χ0v) is 17.2. The van der Waals surface area contributed by atoms with Gasteiger partial charge in [-0.15, -0.1) is 0 Å². The molecule has 2 rings (SSSR count). The monoisotopic (exact) mass is 409 g/mol. The van der Waals surface area contributed by atoms with Crippen molar-refractivity contribution < 1.29 is 24.2 Å². The van der Waals surface area contributed by atoms with Crippen LogP contribution in [-0.2, 0) is 9.59 Å². The van der Waals surface area contributed by atoms with E-state index in [2.05, 4.69) is 10.6 Å². The molecule has 0 aliphatic heterocycles. The third-order valence-corrected chi connectivity index (χ3v) is 4.25. The third-order valence-electron chi connectivity index (χ3n) is 4.25. The summed E-state index contributed by atoms with van der Waals surface area (Å²) in [5, 5.41) is 16.4. The first-order chi connectivity index (χ1) is 14.3. The van der Waals surface area contributed by atoms with Gasteiger partial charge in [0.1, 0.15) is 11.4 Å². The van der Waals surface area contributed by atoms with Gasteiger partial charge in [0.05, 0.1) is 19.1 Å². The van der Waals surface area contributed by atoms with Crippen molar-refractivity contribution in [3.05, 3.63) is 71.4 Å². The highest BCUT2D eigenvalue weighted by Gasteiger charge is 2.20. The quantitative estimate of drug-likeness (QED) is 0.614. The number of carbonyl (C=O) groups excluding carboxylic acids is 3. The van der Waals surface area contributed by atoms with Gasteiger partial charge < -0.3 is 25.3 Å². The molecule has 7 heteroatoms. The van der Waals surface area contributed by atoms with Crippen LogP contribution in [0.1, 0.15) is 36.2 Å². The number of benzene rings is 2. The van der Waals surface area contributed by atoms with Gasteiger partial charge in [-0.25, -0.2) is 0 Å². The summed E-state index contributed by atoms with van der Waals surface area (Å²) in [6.45, 7) is 3.68. The molecule has 0 bridgehead atoms. The fraction of sp³-hybridized carbons (Fsp3) is 0.261. The van der Waals surface area contributed by atoms with Crippen LogP contribution in [0.4, 0.5) is 0 Å². The molecule has 2 N–H and O–H groups in total. The predicted molar refractivity (Wildman–Crippen MR) is 111 cm³/mol. The van der Waals surface area contributed by atoms with Gasteiger partial charge in [0.15, 0.2) is 0 Å². The smallest absolute Gasteiger partial charge is 0.268 e. The van der Waals surface area contributed by atoms with Gasteiger partial charge in [-0.2, -0.15) is 0 Å². The highest BCUT2D eigenvalue weighted by atomic mass is 16.5. The molecule has 2 aromatic rings. The van der Waals surface area contributed by atoms with E-state index in [4.69, 9.17) is 4.74 Å². The Kier molecular flexibility index (Phi) is 8.17. The number of hydrogen-bond acceptors (Lipinski definition) is 5. The van der Waals surface area contributed by atoms with Crippen LogP contribution >= 0.6 is 0 Å². The molecule has 0 saturated heterocycles. The third kappa shape index (κ3) is 6.77. The summed E-state index contributed by atoms with van der Waals surface area (Å²) in [4.78, 5) is 36.8. The number of methoxy groups -OCH3 is 1. The van der Waals surface area contributed by atoms with Gasteiger partial charge in [-0.05, 0) is 48.2 Å². The second-order valence-electron chi connectivity index (χ2n) is 7.13. The minimum absolute atomic E-state index is 0.0288. The topological polar surface area (TPSA) is 108 Å². The minimum atomic E-state index is -1.38. The molecule has 0 spiro atoms. The lowest BCUT2D eigenvalue weighted by Gasteiger charge is -2.22. The van der Waals surface area contributed by atoms with Gasteiger partial charge in [0, 0.05) is 5.56 Å². The number of ether oxygens (including phenoxy) is 1. The van der Waals surface area contributed by atoms with E-state index >= 15 is 0 Å². The molecule has 0 aliphatic rings. The Bertz CT molecular complexity index is 905. The van der Waals surface area contributed by atoms with Crippen LogP contribution in [-0.4, -0.2) is 30.9 Å².